The van der Waals surface area contributed by atoms with Gasteiger partial charge in [0, 0.05) is 16.1 Å². The Balaban J connectivity index is 2.62. The van der Waals surface area contributed by atoms with Gasteiger partial charge in [0.1, 0.15) is 5.82 Å². The average molecular weight is 266 g/mol. The van der Waals surface area contributed by atoms with E-state index in [-0.39, 0.29) is 0 Å². The standard InChI is InChI=1S/C11H12BrN3/c1-6-3-8(12)4-9(7(6)2)10-5-11(13)15-14-10/h3-5H,1-2H3,(H3,13,14,15). The number of benzene rings is 1. The molecule has 0 radical (unpaired) electrons. The van der Waals surface area contributed by atoms with Crippen LogP contribution in [0.15, 0.2) is 22.7 Å². The van der Waals surface area contributed by atoms with Crippen molar-refractivity contribution in [1.82, 2.24) is 10.2 Å². The zero-order chi connectivity index (χ0) is 11.0. The molecule has 0 atom stereocenters. The molecule has 1 aromatic heterocycles. The second kappa shape index (κ2) is 3.70. The second-order valence-corrected chi connectivity index (χ2v) is 4.52. The summed E-state index contributed by atoms with van der Waals surface area (Å²) in [4.78, 5) is 0. The van der Waals surface area contributed by atoms with E-state index in [0.29, 0.717) is 5.82 Å². The average Bonchev–Trinajstić information content (AvgIpc) is 2.58. The van der Waals surface area contributed by atoms with Crippen LogP contribution in [-0.2, 0) is 0 Å². The lowest BCUT2D eigenvalue weighted by molar-refractivity contribution is 1.10. The van der Waals surface area contributed by atoms with Gasteiger partial charge in [-0.2, -0.15) is 5.10 Å². The predicted octanol–water partition coefficient (Wildman–Crippen LogP) is 3.04. The fourth-order valence-electron chi connectivity index (χ4n) is 1.57. The molecule has 4 heteroatoms. The topological polar surface area (TPSA) is 54.7 Å². The van der Waals surface area contributed by atoms with Gasteiger partial charge in [-0.1, -0.05) is 15.9 Å². The van der Waals surface area contributed by atoms with Gasteiger partial charge in [-0.25, -0.2) is 0 Å². The maximum Gasteiger partial charge on any atom is 0.145 e. The number of nitrogens with one attached hydrogen (secondary N) is 1. The number of halogens is 1. The van der Waals surface area contributed by atoms with Crippen LogP contribution in [0.25, 0.3) is 11.3 Å². The molecule has 78 valence electrons. The number of aromatic nitrogens is 2. The minimum Gasteiger partial charge on any atom is -0.382 e. The summed E-state index contributed by atoms with van der Waals surface area (Å²) in [6.07, 6.45) is 0. The Kier molecular flexibility index (Phi) is 2.52. The lowest BCUT2D eigenvalue weighted by Crippen LogP contribution is -1.88. The number of aromatic amines is 1. The Hall–Kier alpha value is -1.29. The normalized spacial score (nSPS) is 10.6. The van der Waals surface area contributed by atoms with Crippen LogP contribution in [0.5, 0.6) is 0 Å². The number of H-pyrrole nitrogens is 1. The van der Waals surface area contributed by atoms with Gasteiger partial charge in [-0.15, -0.1) is 0 Å². The minimum absolute atomic E-state index is 0.516. The van der Waals surface area contributed by atoms with E-state index in [1.807, 2.05) is 6.07 Å². The molecule has 2 rings (SSSR count). The quantitative estimate of drug-likeness (QED) is 0.833. The van der Waals surface area contributed by atoms with Crippen molar-refractivity contribution in [3.63, 3.8) is 0 Å². The molecule has 3 nitrogen and oxygen atoms in total. The van der Waals surface area contributed by atoms with E-state index >= 15 is 0 Å². The van der Waals surface area contributed by atoms with Gasteiger partial charge in [-0.3, -0.25) is 5.10 Å². The van der Waals surface area contributed by atoms with Crippen molar-refractivity contribution in [2.75, 3.05) is 5.73 Å². The van der Waals surface area contributed by atoms with Gasteiger partial charge in [0.15, 0.2) is 0 Å². The van der Waals surface area contributed by atoms with Crippen molar-refractivity contribution in [3.05, 3.63) is 33.8 Å². The lowest BCUT2D eigenvalue weighted by Gasteiger charge is -2.07. The van der Waals surface area contributed by atoms with Crippen molar-refractivity contribution in [1.29, 1.82) is 0 Å². The molecule has 0 aliphatic rings. The highest BCUT2D eigenvalue weighted by Gasteiger charge is 2.07. The third-order valence-corrected chi connectivity index (χ3v) is 2.98. The van der Waals surface area contributed by atoms with Gasteiger partial charge in [0.05, 0.1) is 5.69 Å². The van der Waals surface area contributed by atoms with Crippen molar-refractivity contribution < 1.29 is 0 Å². The van der Waals surface area contributed by atoms with Crippen LogP contribution in [0, 0.1) is 13.8 Å². The SMILES string of the molecule is Cc1cc(Br)cc(-c2cc(N)n[nH]2)c1C. The Labute approximate surface area is 96.8 Å². The van der Waals surface area contributed by atoms with Gasteiger partial charge in [0.2, 0.25) is 0 Å². The lowest BCUT2D eigenvalue weighted by atomic mass is 10.0. The van der Waals surface area contributed by atoms with E-state index in [9.17, 15) is 0 Å². The molecule has 3 N–H and O–H groups in total. The number of hydrogen-bond donors (Lipinski definition) is 2. The second-order valence-electron chi connectivity index (χ2n) is 3.60. The summed E-state index contributed by atoms with van der Waals surface area (Å²) in [5.74, 6) is 0.516. The molecule has 1 heterocycles. The van der Waals surface area contributed by atoms with Gasteiger partial charge in [-0.05, 0) is 37.1 Å². The first kappa shape index (κ1) is 10.2. The van der Waals surface area contributed by atoms with Crippen LogP contribution >= 0.6 is 15.9 Å². The molecule has 15 heavy (non-hydrogen) atoms. The highest BCUT2D eigenvalue weighted by Crippen LogP contribution is 2.28. The maximum atomic E-state index is 5.59. The number of anilines is 1. The number of aryl methyl sites for hydroxylation is 1. The summed E-state index contributed by atoms with van der Waals surface area (Å²) in [7, 11) is 0. The minimum atomic E-state index is 0.516. The molecule has 0 fully saturated rings. The molecule has 0 aliphatic heterocycles. The van der Waals surface area contributed by atoms with Crippen LogP contribution in [0.4, 0.5) is 5.82 Å². The maximum absolute atomic E-state index is 5.59. The van der Waals surface area contributed by atoms with E-state index in [1.165, 1.54) is 11.1 Å². The molecule has 0 spiro atoms. The monoisotopic (exact) mass is 265 g/mol. The zero-order valence-corrected chi connectivity index (χ0v) is 10.2. The van der Waals surface area contributed by atoms with Crippen LogP contribution in [-0.4, -0.2) is 10.2 Å². The number of nitrogen functional groups attached to an aromatic ring is 1. The molecule has 0 unspecified atom stereocenters. The zero-order valence-electron chi connectivity index (χ0n) is 8.63. The fraction of sp³-hybridized carbons (Fsp3) is 0.182. The molecule has 1 aromatic carbocycles. The summed E-state index contributed by atoms with van der Waals surface area (Å²) < 4.78 is 1.06. The van der Waals surface area contributed by atoms with E-state index < -0.39 is 0 Å². The van der Waals surface area contributed by atoms with Crippen molar-refractivity contribution in [2.24, 2.45) is 0 Å². The molecule has 0 amide bonds. The Bertz CT molecular complexity index is 503. The largest absolute Gasteiger partial charge is 0.382 e. The molecule has 2 aromatic rings. The van der Waals surface area contributed by atoms with Crippen LogP contribution in [0.3, 0.4) is 0 Å². The third-order valence-electron chi connectivity index (χ3n) is 2.52. The first-order valence-corrected chi connectivity index (χ1v) is 5.45. The highest BCUT2D eigenvalue weighted by molar-refractivity contribution is 9.10. The first-order chi connectivity index (χ1) is 7.08. The van der Waals surface area contributed by atoms with Crippen LogP contribution in [0.1, 0.15) is 11.1 Å². The van der Waals surface area contributed by atoms with E-state index in [4.69, 9.17) is 5.73 Å². The Morgan fingerprint density at radius 1 is 1.27 bits per heavy atom. The summed E-state index contributed by atoms with van der Waals surface area (Å²) in [6, 6.07) is 6.00. The van der Waals surface area contributed by atoms with E-state index in [0.717, 1.165) is 15.7 Å². The summed E-state index contributed by atoms with van der Waals surface area (Å²) >= 11 is 3.49. The van der Waals surface area contributed by atoms with Crippen LogP contribution in [0.2, 0.25) is 0 Å². The van der Waals surface area contributed by atoms with Crippen molar-refractivity contribution >= 4 is 21.7 Å². The Morgan fingerprint density at radius 3 is 2.60 bits per heavy atom. The van der Waals surface area contributed by atoms with E-state index in [1.54, 1.807) is 0 Å². The molecular formula is C11H12BrN3. The van der Waals surface area contributed by atoms with Crippen molar-refractivity contribution in [2.45, 2.75) is 13.8 Å². The summed E-state index contributed by atoms with van der Waals surface area (Å²) in [5, 5.41) is 6.85. The van der Waals surface area contributed by atoms with Gasteiger partial charge >= 0.3 is 0 Å². The molecule has 0 saturated heterocycles. The number of hydrogen-bond acceptors (Lipinski definition) is 2. The van der Waals surface area contributed by atoms with Gasteiger partial charge in [0.25, 0.3) is 0 Å². The van der Waals surface area contributed by atoms with E-state index in [2.05, 4.69) is 52.1 Å². The number of nitrogens with zero attached hydrogens (tertiary/aromatic N) is 1. The molecule has 0 saturated carbocycles. The van der Waals surface area contributed by atoms with Crippen molar-refractivity contribution in [3.8, 4) is 11.3 Å². The number of nitrogens with two attached hydrogens (primary N) is 1. The third kappa shape index (κ3) is 1.90. The highest BCUT2D eigenvalue weighted by atomic mass is 79.9. The summed E-state index contributed by atoms with van der Waals surface area (Å²) in [5.41, 5.74) is 10.2. The summed E-state index contributed by atoms with van der Waals surface area (Å²) in [6.45, 7) is 4.18. The first-order valence-electron chi connectivity index (χ1n) is 4.66. The number of rotatable bonds is 1. The van der Waals surface area contributed by atoms with Crippen LogP contribution < -0.4 is 5.73 Å². The fourth-order valence-corrected chi connectivity index (χ4v) is 2.14. The predicted molar refractivity (Wildman–Crippen MR) is 65.6 cm³/mol. The van der Waals surface area contributed by atoms with Gasteiger partial charge < -0.3 is 5.73 Å². The molecule has 0 aliphatic carbocycles. The molecular weight excluding hydrogens is 254 g/mol. The Morgan fingerprint density at radius 2 is 2.00 bits per heavy atom. The molecule has 0 bridgehead atoms. The smallest absolute Gasteiger partial charge is 0.145 e.